The van der Waals surface area contributed by atoms with Gasteiger partial charge in [0.05, 0.1) is 10.9 Å². The monoisotopic (exact) mass is 382 g/mol. The van der Waals surface area contributed by atoms with Gasteiger partial charge in [0, 0.05) is 19.8 Å². The molecule has 2 aliphatic carbocycles. The fourth-order valence-electron chi connectivity index (χ4n) is 4.63. The van der Waals surface area contributed by atoms with Crippen LogP contribution in [0.25, 0.3) is 0 Å². The fourth-order valence-corrected chi connectivity index (χ4v) is 4.80. The van der Waals surface area contributed by atoms with Crippen molar-refractivity contribution in [3.8, 4) is 5.75 Å². The van der Waals surface area contributed by atoms with E-state index in [1.165, 1.54) is 43.9 Å². The van der Waals surface area contributed by atoms with Crippen molar-refractivity contribution in [3.63, 3.8) is 0 Å². The van der Waals surface area contributed by atoms with E-state index >= 15 is 0 Å². The number of esters is 1. The molecule has 0 amide bonds. The summed E-state index contributed by atoms with van der Waals surface area (Å²) in [5.41, 5.74) is 0. The number of methoxy groups -OCH3 is 1. The van der Waals surface area contributed by atoms with Crippen LogP contribution in [0.3, 0.4) is 0 Å². The third-order valence-corrected chi connectivity index (χ3v) is 6.46. The van der Waals surface area contributed by atoms with Gasteiger partial charge in [-0.25, -0.2) is 4.39 Å². The largest absolute Gasteiger partial charge is 0.426 e. The SMILES string of the molecule is COC[C@H]1CC[C@H](C2CCC(C(=O)Oc3ccc(F)c(Cl)c3)CC2)CC1. The minimum Gasteiger partial charge on any atom is -0.426 e. The van der Waals surface area contributed by atoms with Gasteiger partial charge in [0.2, 0.25) is 0 Å². The van der Waals surface area contributed by atoms with Crippen molar-refractivity contribution >= 4 is 17.6 Å². The molecule has 0 saturated heterocycles. The first kappa shape index (κ1) is 19.6. The van der Waals surface area contributed by atoms with Gasteiger partial charge in [-0.05, 0) is 81.3 Å². The van der Waals surface area contributed by atoms with Crippen LogP contribution in [-0.2, 0) is 9.53 Å². The van der Waals surface area contributed by atoms with E-state index in [1.54, 1.807) is 7.11 Å². The van der Waals surface area contributed by atoms with Crippen LogP contribution in [0.5, 0.6) is 5.75 Å². The highest BCUT2D eigenvalue weighted by Crippen LogP contribution is 2.41. The lowest BCUT2D eigenvalue weighted by Crippen LogP contribution is -2.30. The van der Waals surface area contributed by atoms with Crippen molar-refractivity contribution in [1.82, 2.24) is 0 Å². The normalized spacial score (nSPS) is 29.3. The minimum absolute atomic E-state index is 0.0249. The van der Waals surface area contributed by atoms with Crippen molar-refractivity contribution in [2.45, 2.75) is 51.4 Å². The summed E-state index contributed by atoms with van der Waals surface area (Å²) in [6.07, 6.45) is 9.10. The highest BCUT2D eigenvalue weighted by molar-refractivity contribution is 6.30. The van der Waals surface area contributed by atoms with Gasteiger partial charge in [0.25, 0.3) is 0 Å². The third kappa shape index (κ3) is 4.98. The molecule has 0 N–H and O–H groups in total. The zero-order chi connectivity index (χ0) is 18.5. The molecule has 0 atom stereocenters. The highest BCUT2D eigenvalue weighted by atomic mass is 35.5. The van der Waals surface area contributed by atoms with Crippen LogP contribution in [0.4, 0.5) is 4.39 Å². The van der Waals surface area contributed by atoms with Gasteiger partial charge in [-0.2, -0.15) is 0 Å². The summed E-state index contributed by atoms with van der Waals surface area (Å²) < 4.78 is 23.9. The third-order valence-electron chi connectivity index (χ3n) is 6.18. The van der Waals surface area contributed by atoms with E-state index in [1.807, 2.05) is 0 Å². The van der Waals surface area contributed by atoms with E-state index in [0.29, 0.717) is 5.75 Å². The van der Waals surface area contributed by atoms with Crippen molar-refractivity contribution in [1.29, 1.82) is 0 Å². The quantitative estimate of drug-likeness (QED) is 0.488. The summed E-state index contributed by atoms with van der Waals surface area (Å²) in [5, 5.41) is -0.0249. The Kier molecular flexibility index (Phi) is 6.93. The summed E-state index contributed by atoms with van der Waals surface area (Å²) in [6.45, 7) is 0.888. The molecule has 1 aromatic rings. The van der Waals surface area contributed by atoms with Crippen LogP contribution in [-0.4, -0.2) is 19.7 Å². The summed E-state index contributed by atoms with van der Waals surface area (Å²) in [4.78, 5) is 12.4. The molecule has 0 spiro atoms. The van der Waals surface area contributed by atoms with Crippen LogP contribution in [0, 0.1) is 29.5 Å². The molecule has 1 aromatic carbocycles. The number of ether oxygens (including phenoxy) is 2. The summed E-state index contributed by atoms with van der Waals surface area (Å²) in [7, 11) is 1.78. The van der Waals surface area contributed by atoms with Gasteiger partial charge < -0.3 is 9.47 Å². The highest BCUT2D eigenvalue weighted by Gasteiger charge is 2.33. The maximum atomic E-state index is 13.2. The lowest BCUT2D eigenvalue weighted by molar-refractivity contribution is -0.140. The second-order valence-electron chi connectivity index (χ2n) is 7.84. The molecule has 0 unspecified atom stereocenters. The number of hydrogen-bond donors (Lipinski definition) is 0. The Morgan fingerprint density at radius 3 is 2.27 bits per heavy atom. The van der Waals surface area contributed by atoms with Crippen molar-refractivity contribution in [2.75, 3.05) is 13.7 Å². The average molecular weight is 383 g/mol. The Morgan fingerprint density at radius 1 is 1.08 bits per heavy atom. The van der Waals surface area contributed by atoms with Crippen LogP contribution in [0.15, 0.2) is 18.2 Å². The van der Waals surface area contributed by atoms with E-state index in [-0.39, 0.29) is 16.9 Å². The summed E-state index contributed by atoms with van der Waals surface area (Å²) in [5.74, 6) is 1.81. The number of carbonyl (C=O) groups is 1. The number of halogens is 2. The van der Waals surface area contributed by atoms with Crippen LogP contribution < -0.4 is 4.74 Å². The van der Waals surface area contributed by atoms with Crippen LogP contribution in [0.2, 0.25) is 5.02 Å². The van der Waals surface area contributed by atoms with Gasteiger partial charge >= 0.3 is 5.97 Å². The summed E-state index contributed by atoms with van der Waals surface area (Å²) in [6, 6.07) is 4.03. The van der Waals surface area contributed by atoms with E-state index < -0.39 is 5.82 Å². The van der Waals surface area contributed by atoms with Crippen LogP contribution in [0.1, 0.15) is 51.4 Å². The molecule has 0 heterocycles. The molecule has 0 radical (unpaired) electrons. The zero-order valence-corrected chi connectivity index (χ0v) is 16.1. The van der Waals surface area contributed by atoms with Crippen molar-refractivity contribution < 1.29 is 18.7 Å². The lowest BCUT2D eigenvalue weighted by Gasteiger charge is -2.37. The Hall–Kier alpha value is -1.13. The van der Waals surface area contributed by atoms with Gasteiger partial charge in [-0.3, -0.25) is 4.79 Å². The molecule has 26 heavy (non-hydrogen) atoms. The topological polar surface area (TPSA) is 35.5 Å². The Bertz CT molecular complexity index is 605. The molecular formula is C21H28ClFO3. The molecule has 2 saturated carbocycles. The smallest absolute Gasteiger partial charge is 0.314 e. The molecule has 0 bridgehead atoms. The summed E-state index contributed by atoms with van der Waals surface area (Å²) >= 11 is 5.74. The first-order valence-electron chi connectivity index (χ1n) is 9.72. The molecule has 144 valence electrons. The van der Waals surface area contributed by atoms with Gasteiger partial charge in [-0.15, -0.1) is 0 Å². The molecule has 2 aliphatic rings. The van der Waals surface area contributed by atoms with Gasteiger partial charge in [-0.1, -0.05) is 11.6 Å². The van der Waals surface area contributed by atoms with E-state index in [0.717, 1.165) is 50.0 Å². The number of carbonyl (C=O) groups excluding carboxylic acids is 1. The first-order chi connectivity index (χ1) is 12.6. The van der Waals surface area contributed by atoms with E-state index in [9.17, 15) is 9.18 Å². The molecule has 2 fully saturated rings. The average Bonchev–Trinajstić information content (AvgIpc) is 2.66. The van der Waals surface area contributed by atoms with E-state index in [4.69, 9.17) is 21.1 Å². The molecule has 5 heteroatoms. The Morgan fingerprint density at radius 2 is 1.69 bits per heavy atom. The number of benzene rings is 1. The van der Waals surface area contributed by atoms with E-state index in [2.05, 4.69) is 0 Å². The fraction of sp³-hybridized carbons (Fsp3) is 0.667. The van der Waals surface area contributed by atoms with Crippen molar-refractivity contribution in [2.24, 2.45) is 23.7 Å². The number of hydrogen-bond acceptors (Lipinski definition) is 3. The maximum absolute atomic E-state index is 13.2. The molecule has 0 aliphatic heterocycles. The number of rotatable bonds is 5. The first-order valence-corrected chi connectivity index (χ1v) is 10.1. The van der Waals surface area contributed by atoms with Crippen molar-refractivity contribution in [3.05, 3.63) is 29.0 Å². The minimum atomic E-state index is -0.507. The standard InChI is InChI=1S/C21H28ClFO3/c1-25-13-14-2-4-15(5-3-14)16-6-8-17(9-7-16)21(24)26-18-10-11-20(23)19(22)12-18/h10-12,14-17H,2-9,13H2,1H3/t14-,15-,16?,17?. The van der Waals surface area contributed by atoms with Crippen LogP contribution >= 0.6 is 11.6 Å². The Balaban J connectivity index is 1.44. The molecule has 3 nitrogen and oxygen atoms in total. The molecule has 3 rings (SSSR count). The predicted molar refractivity (Wildman–Crippen MR) is 99.8 cm³/mol. The molecular weight excluding hydrogens is 355 g/mol. The second-order valence-corrected chi connectivity index (χ2v) is 8.25. The van der Waals surface area contributed by atoms with Gasteiger partial charge in [0.15, 0.2) is 0 Å². The molecule has 0 aromatic heterocycles. The lowest BCUT2D eigenvalue weighted by atomic mass is 9.69. The van der Waals surface area contributed by atoms with Gasteiger partial charge in [0.1, 0.15) is 11.6 Å². The maximum Gasteiger partial charge on any atom is 0.314 e. The predicted octanol–water partition coefficient (Wildman–Crippen LogP) is 5.64. The second kappa shape index (κ2) is 9.18. The Labute approximate surface area is 160 Å². The zero-order valence-electron chi connectivity index (χ0n) is 15.4.